The molecule has 1 aliphatic rings. The molecular weight excluding hydrogens is 424 g/mol. The minimum atomic E-state index is -0.155. The summed E-state index contributed by atoms with van der Waals surface area (Å²) in [4.78, 5) is 24.5. The lowest BCUT2D eigenvalue weighted by Gasteiger charge is -2.35. The van der Waals surface area contributed by atoms with Crippen molar-refractivity contribution in [2.24, 2.45) is 0 Å². The maximum Gasteiger partial charge on any atom is 0.212 e. The van der Waals surface area contributed by atoms with Gasteiger partial charge in [0, 0.05) is 49.2 Å². The fourth-order valence-corrected chi connectivity index (χ4v) is 4.26. The van der Waals surface area contributed by atoms with Crippen molar-refractivity contribution in [3.8, 4) is 11.1 Å². The van der Waals surface area contributed by atoms with E-state index in [9.17, 15) is 9.90 Å². The van der Waals surface area contributed by atoms with Crippen LogP contribution in [0.3, 0.4) is 0 Å². The normalized spacial score (nSPS) is 15.8. The predicted molar refractivity (Wildman–Crippen MR) is 133 cm³/mol. The molecule has 4 aromatic rings. The number of rotatable bonds is 6. The maximum atomic E-state index is 13.3. The number of hydrogen-bond acceptors (Lipinski definition) is 6. The number of aliphatic hydroxyl groups excluding tert-OH is 1. The van der Waals surface area contributed by atoms with Crippen molar-refractivity contribution in [3.05, 3.63) is 114 Å². The minimum Gasteiger partial charge on any atom is -0.392 e. The zero-order chi connectivity index (χ0) is 23.3. The smallest absolute Gasteiger partial charge is 0.212 e. The molecule has 1 saturated heterocycles. The van der Waals surface area contributed by atoms with Gasteiger partial charge in [0.25, 0.3) is 0 Å². The van der Waals surface area contributed by atoms with Gasteiger partial charge in [-0.1, -0.05) is 60.7 Å². The largest absolute Gasteiger partial charge is 0.392 e. The van der Waals surface area contributed by atoms with Crippen molar-refractivity contribution in [2.45, 2.75) is 12.6 Å². The Labute approximate surface area is 198 Å². The first-order valence-corrected chi connectivity index (χ1v) is 11.4. The number of piperazine rings is 1. The summed E-state index contributed by atoms with van der Waals surface area (Å²) in [7, 11) is 0. The van der Waals surface area contributed by atoms with E-state index in [-0.39, 0.29) is 18.4 Å². The van der Waals surface area contributed by atoms with Crippen LogP contribution in [0.1, 0.15) is 33.2 Å². The summed E-state index contributed by atoms with van der Waals surface area (Å²) < 4.78 is 0. The lowest BCUT2D eigenvalue weighted by atomic mass is 10.0. The van der Waals surface area contributed by atoms with Crippen LogP contribution in [0.15, 0.2) is 91.3 Å². The Morgan fingerprint density at radius 1 is 0.971 bits per heavy atom. The first kappa shape index (κ1) is 21.9. The zero-order valence-corrected chi connectivity index (χ0v) is 18.8. The van der Waals surface area contributed by atoms with Crippen LogP contribution in [0.2, 0.25) is 0 Å². The molecule has 6 nitrogen and oxygen atoms in total. The van der Waals surface area contributed by atoms with Gasteiger partial charge in [0.1, 0.15) is 11.5 Å². The molecular formula is C28H26N4O2. The van der Waals surface area contributed by atoms with Gasteiger partial charge in [0.05, 0.1) is 6.61 Å². The number of anilines is 1. The number of pyridine rings is 2. The molecule has 170 valence electrons. The topological polar surface area (TPSA) is 78.3 Å². The van der Waals surface area contributed by atoms with Crippen LogP contribution in [-0.4, -0.2) is 40.5 Å². The van der Waals surface area contributed by atoms with Gasteiger partial charge in [0.2, 0.25) is 5.78 Å². The summed E-state index contributed by atoms with van der Waals surface area (Å²) in [5, 5.41) is 12.8. The number of ketones is 1. The average molecular weight is 451 g/mol. The Balaban J connectivity index is 1.36. The number of aromatic nitrogens is 2. The third-order valence-electron chi connectivity index (χ3n) is 6.14. The van der Waals surface area contributed by atoms with Gasteiger partial charge in [-0.05, 0) is 34.9 Å². The molecule has 5 rings (SSSR count). The van der Waals surface area contributed by atoms with Crippen LogP contribution in [0.25, 0.3) is 11.1 Å². The standard InChI is InChI=1S/C28H26N4O2/c33-19-20-9-11-21(12-10-20)23-15-24(17-29-16-23)28(34)25-7-4-8-27(31-25)32-14-13-30-26(18-32)22-5-2-1-3-6-22/h1-12,15-17,26,30,33H,13-14,18-19H2. The van der Waals surface area contributed by atoms with E-state index in [1.807, 2.05) is 48.5 Å². The number of aliphatic hydroxyl groups is 1. The second kappa shape index (κ2) is 9.95. The highest BCUT2D eigenvalue weighted by atomic mass is 16.3. The average Bonchev–Trinajstić information content (AvgIpc) is 2.93. The first-order chi connectivity index (χ1) is 16.7. The van der Waals surface area contributed by atoms with Crippen molar-refractivity contribution in [2.75, 3.05) is 24.5 Å². The molecule has 2 N–H and O–H groups in total. The Hall–Kier alpha value is -3.87. The Morgan fingerprint density at radius 2 is 1.79 bits per heavy atom. The molecule has 6 heteroatoms. The van der Waals surface area contributed by atoms with Crippen LogP contribution in [0, 0.1) is 0 Å². The predicted octanol–water partition coefficient (Wildman–Crippen LogP) is 4.02. The third-order valence-corrected chi connectivity index (χ3v) is 6.14. The second-order valence-corrected chi connectivity index (χ2v) is 8.39. The lowest BCUT2D eigenvalue weighted by Crippen LogP contribution is -2.46. The van der Waals surface area contributed by atoms with E-state index in [2.05, 4.69) is 39.5 Å². The molecule has 34 heavy (non-hydrogen) atoms. The number of carbonyl (C=O) groups is 1. The number of carbonyl (C=O) groups excluding carboxylic acids is 1. The summed E-state index contributed by atoms with van der Waals surface area (Å²) >= 11 is 0. The molecule has 0 aliphatic carbocycles. The van der Waals surface area contributed by atoms with E-state index in [1.165, 1.54) is 5.56 Å². The van der Waals surface area contributed by atoms with Crippen molar-refractivity contribution in [1.82, 2.24) is 15.3 Å². The van der Waals surface area contributed by atoms with Crippen LogP contribution in [-0.2, 0) is 6.61 Å². The second-order valence-electron chi connectivity index (χ2n) is 8.39. The van der Waals surface area contributed by atoms with Crippen molar-refractivity contribution in [1.29, 1.82) is 0 Å². The summed E-state index contributed by atoms with van der Waals surface area (Å²) in [6.07, 6.45) is 3.32. The SMILES string of the molecule is O=C(c1cncc(-c2ccc(CO)cc2)c1)c1cccc(N2CCNC(c3ccccc3)C2)n1. The van der Waals surface area contributed by atoms with Crippen LogP contribution >= 0.6 is 0 Å². The van der Waals surface area contributed by atoms with Gasteiger partial charge in [0.15, 0.2) is 0 Å². The fraction of sp³-hybridized carbons (Fsp3) is 0.179. The van der Waals surface area contributed by atoms with Gasteiger partial charge in [-0.15, -0.1) is 0 Å². The van der Waals surface area contributed by atoms with Gasteiger partial charge in [-0.3, -0.25) is 9.78 Å². The van der Waals surface area contributed by atoms with E-state index in [4.69, 9.17) is 4.98 Å². The van der Waals surface area contributed by atoms with E-state index in [0.29, 0.717) is 11.3 Å². The summed E-state index contributed by atoms with van der Waals surface area (Å²) in [6, 6.07) is 25.6. The molecule has 1 unspecified atom stereocenters. The Kier molecular flexibility index (Phi) is 6.42. The van der Waals surface area contributed by atoms with Crippen molar-refractivity contribution in [3.63, 3.8) is 0 Å². The quantitative estimate of drug-likeness (QED) is 0.432. The van der Waals surface area contributed by atoms with E-state index in [1.54, 1.807) is 18.5 Å². The molecule has 0 amide bonds. The summed E-state index contributed by atoms with van der Waals surface area (Å²) in [5.41, 5.74) is 4.77. The summed E-state index contributed by atoms with van der Waals surface area (Å²) in [6.45, 7) is 2.46. The molecule has 1 atom stereocenters. The number of benzene rings is 2. The molecule has 2 aromatic heterocycles. The molecule has 0 bridgehead atoms. The molecule has 1 aliphatic heterocycles. The highest BCUT2D eigenvalue weighted by Crippen LogP contribution is 2.24. The van der Waals surface area contributed by atoms with Crippen molar-refractivity contribution >= 4 is 11.6 Å². The minimum absolute atomic E-state index is 0.00174. The lowest BCUT2D eigenvalue weighted by molar-refractivity contribution is 0.103. The van der Waals surface area contributed by atoms with E-state index in [0.717, 1.165) is 42.1 Å². The van der Waals surface area contributed by atoms with E-state index >= 15 is 0 Å². The highest BCUT2D eigenvalue weighted by molar-refractivity contribution is 6.08. The molecule has 1 fully saturated rings. The number of nitrogens with one attached hydrogen (secondary N) is 1. The summed E-state index contributed by atoms with van der Waals surface area (Å²) in [5.74, 6) is 0.648. The monoisotopic (exact) mass is 450 g/mol. The third kappa shape index (κ3) is 4.73. The van der Waals surface area contributed by atoms with Gasteiger partial charge in [-0.2, -0.15) is 0 Å². The fourth-order valence-electron chi connectivity index (χ4n) is 4.26. The first-order valence-electron chi connectivity index (χ1n) is 11.4. The van der Waals surface area contributed by atoms with Crippen LogP contribution in [0.4, 0.5) is 5.82 Å². The van der Waals surface area contributed by atoms with Gasteiger partial charge >= 0.3 is 0 Å². The number of hydrogen-bond donors (Lipinski definition) is 2. The zero-order valence-electron chi connectivity index (χ0n) is 18.8. The highest BCUT2D eigenvalue weighted by Gasteiger charge is 2.22. The molecule has 0 radical (unpaired) electrons. The van der Waals surface area contributed by atoms with E-state index < -0.39 is 0 Å². The molecule has 0 spiro atoms. The molecule has 3 heterocycles. The number of nitrogens with zero attached hydrogens (tertiary/aromatic N) is 3. The molecule has 2 aromatic carbocycles. The van der Waals surface area contributed by atoms with Crippen LogP contribution < -0.4 is 10.2 Å². The van der Waals surface area contributed by atoms with Gasteiger partial charge < -0.3 is 15.3 Å². The maximum absolute atomic E-state index is 13.3. The molecule has 0 saturated carbocycles. The van der Waals surface area contributed by atoms with Crippen molar-refractivity contribution < 1.29 is 9.90 Å². The van der Waals surface area contributed by atoms with Gasteiger partial charge in [-0.25, -0.2) is 4.98 Å². The van der Waals surface area contributed by atoms with Crippen LogP contribution in [0.5, 0.6) is 0 Å². The Morgan fingerprint density at radius 3 is 2.59 bits per heavy atom. The Bertz CT molecular complexity index is 1280.